The normalized spacial score (nSPS) is 12.5. The molecule has 1 N–H and O–H groups in total. The van der Waals surface area contributed by atoms with E-state index in [2.05, 4.69) is 5.32 Å². The molecule has 1 aromatic carbocycles. The van der Waals surface area contributed by atoms with Crippen LogP contribution in [-0.4, -0.2) is 36.5 Å². The third kappa shape index (κ3) is 4.65. The van der Waals surface area contributed by atoms with Gasteiger partial charge in [-0.3, -0.25) is 10.1 Å². The highest BCUT2D eigenvalue weighted by molar-refractivity contribution is 6.31. The van der Waals surface area contributed by atoms with Gasteiger partial charge in [-0.15, -0.1) is 0 Å². The lowest BCUT2D eigenvalue weighted by Gasteiger charge is -2.18. The quantitative estimate of drug-likeness (QED) is 0.646. The number of halogens is 2. The molecule has 0 bridgehead atoms. The molecule has 0 aliphatic heterocycles. The highest BCUT2D eigenvalue weighted by Crippen LogP contribution is 2.30. The second kappa shape index (κ2) is 6.68. The van der Waals surface area contributed by atoms with Gasteiger partial charge in [-0.1, -0.05) is 11.6 Å². The van der Waals surface area contributed by atoms with Crippen LogP contribution < -0.4 is 5.32 Å². The van der Waals surface area contributed by atoms with E-state index in [1.807, 2.05) is 25.9 Å². The summed E-state index contributed by atoms with van der Waals surface area (Å²) in [7, 11) is 3.88. The van der Waals surface area contributed by atoms with Gasteiger partial charge in [0.25, 0.3) is 5.69 Å². The Bertz CT molecular complexity index is 469. The average Bonchev–Trinajstić information content (AvgIpc) is 2.30. The van der Waals surface area contributed by atoms with Crippen molar-refractivity contribution in [1.82, 2.24) is 4.90 Å². The van der Waals surface area contributed by atoms with Crippen LogP contribution in [0.5, 0.6) is 0 Å². The SMILES string of the molecule is CC(CCN(C)C)Nc1cc(F)c(Cl)cc1[N+](=O)[O-]. The second-order valence-electron chi connectivity index (χ2n) is 4.68. The van der Waals surface area contributed by atoms with Gasteiger partial charge in [-0.2, -0.15) is 0 Å². The Morgan fingerprint density at radius 2 is 2.16 bits per heavy atom. The molecular weight excluding hydrogens is 273 g/mol. The summed E-state index contributed by atoms with van der Waals surface area (Å²) >= 11 is 5.56. The number of nitrogens with one attached hydrogen (secondary N) is 1. The summed E-state index contributed by atoms with van der Waals surface area (Å²) in [6.45, 7) is 2.72. The van der Waals surface area contributed by atoms with Crippen molar-refractivity contribution in [3.63, 3.8) is 0 Å². The highest BCUT2D eigenvalue weighted by Gasteiger charge is 2.19. The van der Waals surface area contributed by atoms with Gasteiger partial charge in [0.15, 0.2) is 0 Å². The minimum absolute atomic E-state index is 0.0123. The van der Waals surface area contributed by atoms with E-state index in [1.165, 1.54) is 0 Å². The van der Waals surface area contributed by atoms with Crippen LogP contribution in [0.15, 0.2) is 12.1 Å². The molecule has 0 heterocycles. The lowest BCUT2D eigenvalue weighted by Crippen LogP contribution is -2.23. The van der Waals surface area contributed by atoms with Crippen molar-refractivity contribution < 1.29 is 9.31 Å². The predicted octanol–water partition coefficient (Wildman–Crippen LogP) is 3.14. The van der Waals surface area contributed by atoms with Crippen LogP contribution >= 0.6 is 11.6 Å². The predicted molar refractivity (Wildman–Crippen MR) is 74.3 cm³/mol. The minimum atomic E-state index is -0.672. The first kappa shape index (κ1) is 15.7. The van der Waals surface area contributed by atoms with E-state index >= 15 is 0 Å². The summed E-state index contributed by atoms with van der Waals surface area (Å²) in [6, 6.07) is 2.08. The lowest BCUT2D eigenvalue weighted by molar-refractivity contribution is -0.384. The standard InChI is InChI=1S/C12H17ClFN3O2/c1-8(4-5-16(2)3)15-11-7-10(14)9(13)6-12(11)17(18)19/h6-8,15H,4-5H2,1-3H3. The Morgan fingerprint density at radius 1 is 1.53 bits per heavy atom. The first-order valence-electron chi connectivity index (χ1n) is 5.86. The summed E-state index contributed by atoms with van der Waals surface area (Å²) in [5.41, 5.74) is -0.0683. The molecule has 0 radical (unpaired) electrons. The zero-order valence-corrected chi connectivity index (χ0v) is 11.9. The van der Waals surface area contributed by atoms with Gasteiger partial charge in [-0.05, 0) is 34.0 Å². The molecule has 19 heavy (non-hydrogen) atoms. The molecule has 0 aliphatic carbocycles. The monoisotopic (exact) mass is 289 g/mol. The molecule has 0 amide bonds. The van der Waals surface area contributed by atoms with Gasteiger partial charge in [0.05, 0.1) is 9.95 Å². The van der Waals surface area contributed by atoms with Crippen molar-refractivity contribution in [2.24, 2.45) is 0 Å². The van der Waals surface area contributed by atoms with E-state index in [1.54, 1.807) is 0 Å². The molecule has 0 saturated heterocycles. The molecule has 1 unspecified atom stereocenters. The first-order chi connectivity index (χ1) is 8.81. The van der Waals surface area contributed by atoms with E-state index in [0.29, 0.717) is 0 Å². The molecule has 1 rings (SSSR count). The zero-order valence-electron chi connectivity index (χ0n) is 11.1. The van der Waals surface area contributed by atoms with Gasteiger partial charge in [-0.25, -0.2) is 4.39 Å². The van der Waals surface area contributed by atoms with Crippen molar-refractivity contribution in [3.05, 3.63) is 33.1 Å². The number of hydrogen-bond donors (Lipinski definition) is 1. The Labute approximate surface area is 116 Å². The van der Waals surface area contributed by atoms with Crippen LogP contribution in [0.1, 0.15) is 13.3 Å². The van der Waals surface area contributed by atoms with E-state index in [-0.39, 0.29) is 22.4 Å². The van der Waals surface area contributed by atoms with Crippen molar-refractivity contribution in [1.29, 1.82) is 0 Å². The summed E-state index contributed by atoms with van der Waals surface area (Å²) in [5, 5.41) is 13.6. The number of nitro groups is 1. The number of benzene rings is 1. The van der Waals surface area contributed by atoms with Crippen LogP contribution in [0.3, 0.4) is 0 Å². The molecule has 0 fully saturated rings. The topological polar surface area (TPSA) is 58.4 Å². The summed E-state index contributed by atoms with van der Waals surface area (Å²) in [5.74, 6) is -0.672. The highest BCUT2D eigenvalue weighted by atomic mass is 35.5. The zero-order chi connectivity index (χ0) is 14.6. The van der Waals surface area contributed by atoms with Crippen LogP contribution in [0.2, 0.25) is 5.02 Å². The Kier molecular flexibility index (Phi) is 5.50. The molecule has 106 valence electrons. The molecule has 0 aromatic heterocycles. The van der Waals surface area contributed by atoms with Crippen molar-refractivity contribution >= 4 is 23.0 Å². The third-order valence-electron chi connectivity index (χ3n) is 2.65. The fourth-order valence-corrected chi connectivity index (χ4v) is 1.75. The smallest absolute Gasteiger partial charge is 0.294 e. The number of nitrogens with zero attached hydrogens (tertiary/aromatic N) is 2. The van der Waals surface area contributed by atoms with E-state index < -0.39 is 10.7 Å². The second-order valence-corrected chi connectivity index (χ2v) is 5.09. The Hall–Kier alpha value is -1.40. The van der Waals surface area contributed by atoms with Crippen molar-refractivity contribution in [2.75, 3.05) is 26.0 Å². The van der Waals surface area contributed by atoms with E-state index in [9.17, 15) is 14.5 Å². The maximum atomic E-state index is 13.4. The molecule has 5 nitrogen and oxygen atoms in total. The van der Waals surface area contributed by atoms with Gasteiger partial charge >= 0.3 is 0 Å². The largest absolute Gasteiger partial charge is 0.377 e. The molecule has 0 saturated carbocycles. The number of nitro benzene ring substituents is 1. The van der Waals surface area contributed by atoms with Crippen LogP contribution in [-0.2, 0) is 0 Å². The van der Waals surface area contributed by atoms with Gasteiger partial charge in [0.1, 0.15) is 11.5 Å². The lowest BCUT2D eigenvalue weighted by atomic mass is 10.2. The van der Waals surface area contributed by atoms with Crippen LogP contribution in [0, 0.1) is 15.9 Å². The first-order valence-corrected chi connectivity index (χ1v) is 6.23. The molecule has 1 aromatic rings. The average molecular weight is 290 g/mol. The summed E-state index contributed by atoms with van der Waals surface area (Å²) in [6.07, 6.45) is 0.786. The van der Waals surface area contributed by atoms with E-state index in [4.69, 9.17) is 11.6 Å². The van der Waals surface area contributed by atoms with Crippen LogP contribution in [0.25, 0.3) is 0 Å². The molecule has 1 atom stereocenters. The Morgan fingerprint density at radius 3 is 2.68 bits per heavy atom. The van der Waals surface area contributed by atoms with Gasteiger partial charge in [0, 0.05) is 18.2 Å². The summed E-state index contributed by atoms with van der Waals surface area (Å²) < 4.78 is 13.4. The van der Waals surface area contributed by atoms with Crippen molar-refractivity contribution in [2.45, 2.75) is 19.4 Å². The van der Waals surface area contributed by atoms with E-state index in [0.717, 1.165) is 25.1 Å². The number of rotatable bonds is 6. The number of anilines is 1. The van der Waals surface area contributed by atoms with Gasteiger partial charge < -0.3 is 10.2 Å². The maximum Gasteiger partial charge on any atom is 0.294 e. The Balaban J connectivity index is 2.87. The minimum Gasteiger partial charge on any atom is -0.377 e. The number of hydrogen-bond acceptors (Lipinski definition) is 4. The van der Waals surface area contributed by atoms with Crippen LogP contribution in [0.4, 0.5) is 15.8 Å². The molecule has 7 heteroatoms. The maximum absolute atomic E-state index is 13.4. The molecule has 0 aliphatic rings. The molecular formula is C12H17ClFN3O2. The van der Waals surface area contributed by atoms with Gasteiger partial charge in [0.2, 0.25) is 0 Å². The fourth-order valence-electron chi connectivity index (χ4n) is 1.59. The fraction of sp³-hybridized carbons (Fsp3) is 0.500. The van der Waals surface area contributed by atoms with Crippen molar-refractivity contribution in [3.8, 4) is 0 Å². The third-order valence-corrected chi connectivity index (χ3v) is 2.94. The molecule has 0 spiro atoms. The summed E-state index contributed by atoms with van der Waals surface area (Å²) in [4.78, 5) is 12.3.